The average molecular weight is 301 g/mol. The van der Waals surface area contributed by atoms with Gasteiger partial charge in [-0.15, -0.1) is 10.2 Å². The highest BCUT2D eigenvalue weighted by atomic mass is 32.1. The summed E-state index contributed by atoms with van der Waals surface area (Å²) < 4.78 is 0. The summed E-state index contributed by atoms with van der Waals surface area (Å²) in [5, 5.41) is 11.7. The first-order valence-electron chi connectivity index (χ1n) is 6.74. The first-order valence-corrected chi connectivity index (χ1v) is 7.56. The monoisotopic (exact) mass is 301 g/mol. The van der Waals surface area contributed by atoms with Gasteiger partial charge in [-0.3, -0.25) is 10.1 Å². The van der Waals surface area contributed by atoms with Crippen molar-refractivity contribution in [3.63, 3.8) is 0 Å². The molecule has 4 nitrogen and oxygen atoms in total. The molecule has 0 saturated heterocycles. The van der Waals surface area contributed by atoms with Gasteiger partial charge < -0.3 is 0 Å². The summed E-state index contributed by atoms with van der Waals surface area (Å²) in [7, 11) is 0. The number of aryl methyl sites for hydroxylation is 1. The summed E-state index contributed by atoms with van der Waals surface area (Å²) in [6, 6.07) is 8.20. The van der Waals surface area contributed by atoms with E-state index in [1.165, 1.54) is 23.0 Å². The van der Waals surface area contributed by atoms with Crippen molar-refractivity contribution in [1.29, 1.82) is 0 Å². The predicted molar refractivity (Wildman–Crippen MR) is 87.5 cm³/mol. The molecule has 0 bridgehead atoms. The molecule has 110 valence electrons. The summed E-state index contributed by atoms with van der Waals surface area (Å²) in [5.41, 5.74) is 2.40. The SMILES string of the molecule is Cc1nnc(NC(=O)C=Cc2ccc(C(C)(C)C)cc2)s1. The number of nitrogens with one attached hydrogen (secondary N) is 1. The molecule has 1 amide bonds. The topological polar surface area (TPSA) is 54.9 Å². The van der Waals surface area contributed by atoms with Crippen LogP contribution in [0.25, 0.3) is 6.08 Å². The number of amides is 1. The van der Waals surface area contributed by atoms with Crippen LogP contribution in [0.4, 0.5) is 5.13 Å². The van der Waals surface area contributed by atoms with Gasteiger partial charge in [0.25, 0.3) is 0 Å². The quantitative estimate of drug-likeness (QED) is 0.877. The van der Waals surface area contributed by atoms with E-state index in [4.69, 9.17) is 0 Å². The van der Waals surface area contributed by atoms with Gasteiger partial charge in [0.05, 0.1) is 0 Å². The zero-order chi connectivity index (χ0) is 15.5. The Hall–Kier alpha value is -2.01. The number of rotatable bonds is 3. The molecule has 0 spiro atoms. The van der Waals surface area contributed by atoms with Gasteiger partial charge in [-0.05, 0) is 29.5 Å². The zero-order valence-electron chi connectivity index (χ0n) is 12.7. The Kier molecular flexibility index (Phi) is 4.53. The molecule has 0 aliphatic rings. The number of aromatic nitrogens is 2. The molecular formula is C16H19N3OS. The maximum absolute atomic E-state index is 11.8. The lowest BCUT2D eigenvalue weighted by molar-refractivity contribution is -0.111. The lowest BCUT2D eigenvalue weighted by Gasteiger charge is -2.18. The van der Waals surface area contributed by atoms with Crippen LogP contribution >= 0.6 is 11.3 Å². The third-order valence-electron chi connectivity index (χ3n) is 2.96. The van der Waals surface area contributed by atoms with Crippen LogP contribution in [0.3, 0.4) is 0 Å². The van der Waals surface area contributed by atoms with E-state index in [0.29, 0.717) is 5.13 Å². The molecule has 2 rings (SSSR count). The van der Waals surface area contributed by atoms with Crippen LogP contribution in [0.5, 0.6) is 0 Å². The predicted octanol–water partition coefficient (Wildman–Crippen LogP) is 3.80. The van der Waals surface area contributed by atoms with Crippen molar-refractivity contribution in [2.75, 3.05) is 5.32 Å². The van der Waals surface area contributed by atoms with Crippen LogP contribution < -0.4 is 5.32 Å². The van der Waals surface area contributed by atoms with Gasteiger partial charge in [-0.25, -0.2) is 0 Å². The molecule has 1 aromatic heterocycles. The second-order valence-electron chi connectivity index (χ2n) is 5.82. The lowest BCUT2D eigenvalue weighted by Crippen LogP contribution is -2.10. The number of anilines is 1. The largest absolute Gasteiger partial charge is 0.297 e. The molecule has 0 radical (unpaired) electrons. The van der Waals surface area contributed by atoms with Crippen molar-refractivity contribution < 1.29 is 4.79 Å². The fourth-order valence-electron chi connectivity index (χ4n) is 1.76. The molecule has 0 unspecified atom stereocenters. The Balaban J connectivity index is 1.99. The van der Waals surface area contributed by atoms with E-state index >= 15 is 0 Å². The fraction of sp³-hybridized carbons (Fsp3) is 0.312. The Morgan fingerprint density at radius 2 is 1.86 bits per heavy atom. The van der Waals surface area contributed by atoms with Crippen molar-refractivity contribution in [3.05, 3.63) is 46.5 Å². The Morgan fingerprint density at radius 3 is 2.38 bits per heavy atom. The van der Waals surface area contributed by atoms with Crippen LogP contribution in [-0.2, 0) is 10.2 Å². The first kappa shape index (κ1) is 15.4. The molecule has 0 fully saturated rings. The number of benzene rings is 1. The van der Waals surface area contributed by atoms with Crippen LogP contribution in [-0.4, -0.2) is 16.1 Å². The highest BCUT2D eigenvalue weighted by molar-refractivity contribution is 7.15. The van der Waals surface area contributed by atoms with Crippen molar-refractivity contribution in [2.45, 2.75) is 33.1 Å². The number of hydrogen-bond donors (Lipinski definition) is 1. The molecule has 0 aliphatic carbocycles. The molecule has 21 heavy (non-hydrogen) atoms. The van der Waals surface area contributed by atoms with Gasteiger partial charge in [0.15, 0.2) is 0 Å². The smallest absolute Gasteiger partial charge is 0.250 e. The summed E-state index contributed by atoms with van der Waals surface area (Å²) in [6.07, 6.45) is 3.29. The van der Waals surface area contributed by atoms with Gasteiger partial charge in [0.1, 0.15) is 5.01 Å². The maximum atomic E-state index is 11.8. The molecule has 5 heteroatoms. The van der Waals surface area contributed by atoms with Gasteiger partial charge >= 0.3 is 0 Å². The van der Waals surface area contributed by atoms with Crippen LogP contribution in [0.2, 0.25) is 0 Å². The number of carbonyl (C=O) groups is 1. The van der Waals surface area contributed by atoms with Crippen molar-refractivity contribution >= 4 is 28.5 Å². The molecule has 0 aliphatic heterocycles. The normalized spacial score (nSPS) is 11.8. The zero-order valence-corrected chi connectivity index (χ0v) is 13.5. The highest BCUT2D eigenvalue weighted by Gasteiger charge is 2.12. The fourth-order valence-corrected chi connectivity index (χ4v) is 2.36. The van der Waals surface area contributed by atoms with Crippen LogP contribution in [0.1, 0.15) is 36.9 Å². The highest BCUT2D eigenvalue weighted by Crippen LogP contribution is 2.22. The Bertz CT molecular complexity index is 651. The molecule has 2 aromatic rings. The minimum absolute atomic E-state index is 0.134. The second kappa shape index (κ2) is 6.18. The van der Waals surface area contributed by atoms with Gasteiger partial charge in [0.2, 0.25) is 11.0 Å². The van der Waals surface area contributed by atoms with Gasteiger partial charge in [0, 0.05) is 6.08 Å². The summed E-state index contributed by atoms with van der Waals surface area (Å²) >= 11 is 1.35. The van der Waals surface area contributed by atoms with E-state index < -0.39 is 0 Å². The van der Waals surface area contributed by atoms with Crippen LogP contribution in [0, 0.1) is 6.92 Å². The van der Waals surface area contributed by atoms with E-state index in [1.807, 2.05) is 19.1 Å². The minimum Gasteiger partial charge on any atom is -0.297 e. The standard InChI is InChI=1S/C16H19N3OS/c1-11-18-19-15(21-11)17-14(20)10-7-12-5-8-13(9-6-12)16(2,3)4/h5-10H,1-4H3,(H,17,19,20). The summed E-state index contributed by atoms with van der Waals surface area (Å²) in [5.74, 6) is -0.203. The molecule has 1 heterocycles. The van der Waals surface area contributed by atoms with Crippen LogP contribution in [0.15, 0.2) is 30.3 Å². The van der Waals surface area contributed by atoms with E-state index in [9.17, 15) is 4.79 Å². The molecule has 1 aromatic carbocycles. The summed E-state index contributed by atoms with van der Waals surface area (Å²) in [6.45, 7) is 8.37. The Morgan fingerprint density at radius 1 is 1.19 bits per heavy atom. The molecular weight excluding hydrogens is 282 g/mol. The van der Waals surface area contributed by atoms with Crippen molar-refractivity contribution in [1.82, 2.24) is 10.2 Å². The van der Waals surface area contributed by atoms with Gasteiger partial charge in [-0.2, -0.15) is 0 Å². The average Bonchev–Trinajstić information content (AvgIpc) is 2.81. The van der Waals surface area contributed by atoms with E-state index in [1.54, 1.807) is 6.08 Å². The maximum Gasteiger partial charge on any atom is 0.250 e. The summed E-state index contributed by atoms with van der Waals surface area (Å²) in [4.78, 5) is 11.8. The van der Waals surface area contributed by atoms with E-state index in [0.717, 1.165) is 10.6 Å². The van der Waals surface area contributed by atoms with E-state index in [-0.39, 0.29) is 11.3 Å². The molecule has 1 N–H and O–H groups in total. The molecule has 0 saturated carbocycles. The minimum atomic E-state index is -0.203. The third kappa shape index (κ3) is 4.49. The van der Waals surface area contributed by atoms with Crippen molar-refractivity contribution in [2.24, 2.45) is 0 Å². The van der Waals surface area contributed by atoms with Gasteiger partial charge in [-0.1, -0.05) is 56.4 Å². The number of nitrogens with zero attached hydrogens (tertiary/aromatic N) is 2. The number of hydrogen-bond acceptors (Lipinski definition) is 4. The number of carbonyl (C=O) groups excluding carboxylic acids is 1. The second-order valence-corrected chi connectivity index (χ2v) is 7.00. The third-order valence-corrected chi connectivity index (χ3v) is 3.71. The first-order chi connectivity index (χ1) is 9.84. The van der Waals surface area contributed by atoms with E-state index in [2.05, 4.69) is 48.4 Å². The molecule has 0 atom stereocenters. The lowest BCUT2D eigenvalue weighted by atomic mass is 9.87. The Labute approximate surface area is 128 Å². The van der Waals surface area contributed by atoms with Crippen molar-refractivity contribution in [3.8, 4) is 0 Å².